The Morgan fingerprint density at radius 2 is 1.94 bits per heavy atom. The van der Waals surface area contributed by atoms with E-state index in [0.29, 0.717) is 12.1 Å². The Bertz CT molecular complexity index is 350. The average Bonchev–Trinajstić information content (AvgIpc) is 2.62. The van der Waals surface area contributed by atoms with E-state index in [4.69, 9.17) is 4.74 Å². The fourth-order valence-corrected chi connectivity index (χ4v) is 2.82. The molecule has 0 amide bonds. The molecular weight excluding hydrogens is 244 g/mol. The van der Waals surface area contributed by atoms with E-state index < -0.39 is 0 Å². The number of hydrogen-bond donors (Lipinski definition) is 1. The first-order chi connectivity index (χ1) is 8.50. The van der Waals surface area contributed by atoms with E-state index in [9.17, 15) is 0 Å². The third kappa shape index (κ3) is 5.46. The van der Waals surface area contributed by atoms with Gasteiger partial charge in [-0.2, -0.15) is 0 Å². The summed E-state index contributed by atoms with van der Waals surface area (Å²) in [6, 6.07) is 0.348. The summed E-state index contributed by atoms with van der Waals surface area (Å²) in [7, 11) is 0. The average molecular weight is 270 g/mol. The number of nitrogens with zero attached hydrogens (tertiary/aromatic N) is 1. The van der Waals surface area contributed by atoms with Gasteiger partial charge >= 0.3 is 0 Å². The number of rotatable bonds is 8. The molecule has 0 fully saturated rings. The number of aryl methyl sites for hydroxylation is 2. The zero-order valence-corrected chi connectivity index (χ0v) is 13.1. The minimum absolute atomic E-state index is 0.345. The second kappa shape index (κ2) is 7.87. The second-order valence-corrected chi connectivity index (χ2v) is 6.38. The zero-order valence-electron chi connectivity index (χ0n) is 12.2. The Labute approximate surface area is 115 Å². The molecule has 4 heteroatoms. The molecule has 18 heavy (non-hydrogen) atoms. The fourth-order valence-electron chi connectivity index (χ4n) is 1.91. The maximum atomic E-state index is 5.52. The van der Waals surface area contributed by atoms with Gasteiger partial charge in [0.25, 0.3) is 0 Å². The van der Waals surface area contributed by atoms with Crippen LogP contribution in [0.25, 0.3) is 0 Å². The Balaban J connectivity index is 2.17. The number of nitrogens with one attached hydrogen (secondary N) is 1. The van der Waals surface area contributed by atoms with Crippen LogP contribution in [0.4, 0.5) is 0 Å². The molecule has 0 aromatic carbocycles. The van der Waals surface area contributed by atoms with E-state index in [1.807, 2.05) is 0 Å². The number of ether oxygens (including phenoxy) is 1. The SMILES string of the molecule is Cc1nc(C(C)NCCCCOC(C)C)c(C)s1. The highest BCUT2D eigenvalue weighted by Crippen LogP contribution is 2.22. The van der Waals surface area contributed by atoms with Crippen molar-refractivity contribution in [2.75, 3.05) is 13.2 Å². The summed E-state index contributed by atoms with van der Waals surface area (Å²) in [5, 5.41) is 4.68. The molecule has 1 aromatic rings. The number of thiazole rings is 1. The molecule has 1 rings (SSSR count). The van der Waals surface area contributed by atoms with Gasteiger partial charge in [0.15, 0.2) is 0 Å². The molecule has 0 saturated carbocycles. The van der Waals surface area contributed by atoms with Gasteiger partial charge in [0.2, 0.25) is 0 Å². The summed E-state index contributed by atoms with van der Waals surface area (Å²) in [4.78, 5) is 5.91. The minimum atomic E-state index is 0.345. The van der Waals surface area contributed by atoms with Gasteiger partial charge < -0.3 is 10.1 Å². The summed E-state index contributed by atoms with van der Waals surface area (Å²) in [6.07, 6.45) is 2.61. The molecule has 1 unspecified atom stereocenters. The van der Waals surface area contributed by atoms with Gasteiger partial charge in [0, 0.05) is 17.5 Å². The summed E-state index contributed by atoms with van der Waals surface area (Å²) in [5.41, 5.74) is 1.20. The maximum Gasteiger partial charge on any atom is 0.0900 e. The van der Waals surface area contributed by atoms with Crippen LogP contribution in [0.2, 0.25) is 0 Å². The second-order valence-electron chi connectivity index (χ2n) is 4.98. The zero-order chi connectivity index (χ0) is 13.5. The van der Waals surface area contributed by atoms with Gasteiger partial charge in [-0.05, 0) is 54.0 Å². The van der Waals surface area contributed by atoms with Crippen LogP contribution in [-0.2, 0) is 4.74 Å². The highest BCUT2D eigenvalue weighted by atomic mass is 32.1. The molecule has 0 spiro atoms. The van der Waals surface area contributed by atoms with Crippen molar-refractivity contribution >= 4 is 11.3 Å². The third-order valence-corrected chi connectivity index (χ3v) is 3.72. The topological polar surface area (TPSA) is 34.2 Å². The lowest BCUT2D eigenvalue weighted by molar-refractivity contribution is 0.0759. The standard InChI is InChI=1S/C14H26N2OS/c1-10(2)17-9-7-6-8-15-11(3)14-12(4)18-13(5)16-14/h10-11,15H,6-9H2,1-5H3. The molecule has 0 aliphatic carbocycles. The van der Waals surface area contributed by atoms with Crippen molar-refractivity contribution in [3.63, 3.8) is 0 Å². The van der Waals surface area contributed by atoms with Gasteiger partial charge in [-0.25, -0.2) is 4.98 Å². The van der Waals surface area contributed by atoms with Crippen LogP contribution in [0.5, 0.6) is 0 Å². The normalized spacial score (nSPS) is 13.2. The molecule has 1 N–H and O–H groups in total. The van der Waals surface area contributed by atoms with Crippen LogP contribution >= 0.6 is 11.3 Å². The van der Waals surface area contributed by atoms with E-state index in [-0.39, 0.29) is 0 Å². The van der Waals surface area contributed by atoms with Crippen LogP contribution in [-0.4, -0.2) is 24.2 Å². The van der Waals surface area contributed by atoms with Crippen molar-refractivity contribution in [3.05, 3.63) is 15.6 Å². The van der Waals surface area contributed by atoms with Gasteiger partial charge in [-0.3, -0.25) is 0 Å². The fraction of sp³-hybridized carbons (Fsp3) is 0.786. The molecule has 3 nitrogen and oxygen atoms in total. The number of hydrogen-bond acceptors (Lipinski definition) is 4. The predicted molar refractivity (Wildman–Crippen MR) is 78.3 cm³/mol. The van der Waals surface area contributed by atoms with Gasteiger partial charge in [-0.1, -0.05) is 0 Å². The van der Waals surface area contributed by atoms with Crippen molar-refractivity contribution in [1.82, 2.24) is 10.3 Å². The van der Waals surface area contributed by atoms with Gasteiger partial charge in [0.05, 0.1) is 16.8 Å². The number of aromatic nitrogens is 1. The summed E-state index contributed by atoms with van der Waals surface area (Å²) < 4.78 is 5.52. The monoisotopic (exact) mass is 270 g/mol. The van der Waals surface area contributed by atoms with E-state index in [1.165, 1.54) is 10.6 Å². The largest absolute Gasteiger partial charge is 0.379 e. The maximum absolute atomic E-state index is 5.52. The van der Waals surface area contributed by atoms with E-state index >= 15 is 0 Å². The molecule has 0 bridgehead atoms. The van der Waals surface area contributed by atoms with E-state index in [1.54, 1.807) is 11.3 Å². The molecule has 0 saturated heterocycles. The molecule has 104 valence electrons. The van der Waals surface area contributed by atoms with E-state index in [0.717, 1.165) is 31.0 Å². The Morgan fingerprint density at radius 1 is 1.22 bits per heavy atom. The minimum Gasteiger partial charge on any atom is -0.379 e. The molecule has 0 aliphatic heterocycles. The van der Waals surface area contributed by atoms with Crippen molar-refractivity contribution < 1.29 is 4.74 Å². The first-order valence-electron chi connectivity index (χ1n) is 6.79. The Morgan fingerprint density at radius 3 is 2.50 bits per heavy atom. The van der Waals surface area contributed by atoms with Gasteiger partial charge in [0.1, 0.15) is 0 Å². The Hall–Kier alpha value is -0.450. The van der Waals surface area contributed by atoms with Crippen molar-refractivity contribution in [2.45, 2.75) is 59.6 Å². The van der Waals surface area contributed by atoms with Crippen LogP contribution < -0.4 is 5.32 Å². The summed E-state index contributed by atoms with van der Waals surface area (Å²) in [5.74, 6) is 0. The van der Waals surface area contributed by atoms with E-state index in [2.05, 4.69) is 44.9 Å². The van der Waals surface area contributed by atoms with Crippen molar-refractivity contribution in [1.29, 1.82) is 0 Å². The van der Waals surface area contributed by atoms with Crippen LogP contribution in [0.15, 0.2) is 0 Å². The lowest BCUT2D eigenvalue weighted by Crippen LogP contribution is -2.21. The molecular formula is C14H26N2OS. The van der Waals surface area contributed by atoms with Crippen LogP contribution in [0.1, 0.15) is 55.2 Å². The van der Waals surface area contributed by atoms with Crippen LogP contribution in [0.3, 0.4) is 0 Å². The van der Waals surface area contributed by atoms with Crippen molar-refractivity contribution in [3.8, 4) is 0 Å². The predicted octanol–water partition coefficient (Wildman–Crippen LogP) is 3.62. The lowest BCUT2D eigenvalue weighted by Gasteiger charge is -2.13. The molecule has 1 atom stereocenters. The quantitative estimate of drug-likeness (QED) is 0.733. The highest BCUT2D eigenvalue weighted by molar-refractivity contribution is 7.11. The molecule has 1 aromatic heterocycles. The van der Waals surface area contributed by atoms with Crippen LogP contribution in [0, 0.1) is 13.8 Å². The first kappa shape index (κ1) is 15.6. The highest BCUT2D eigenvalue weighted by Gasteiger charge is 2.11. The third-order valence-electron chi connectivity index (χ3n) is 2.82. The molecule has 0 radical (unpaired) electrons. The molecule has 0 aliphatic rings. The molecule has 1 heterocycles. The summed E-state index contributed by atoms with van der Waals surface area (Å²) in [6.45, 7) is 12.4. The Kier molecular flexibility index (Phi) is 6.82. The smallest absolute Gasteiger partial charge is 0.0900 e. The first-order valence-corrected chi connectivity index (χ1v) is 7.61. The lowest BCUT2D eigenvalue weighted by atomic mass is 10.2. The number of unbranched alkanes of at least 4 members (excludes halogenated alkanes) is 1. The summed E-state index contributed by atoms with van der Waals surface area (Å²) >= 11 is 1.78. The van der Waals surface area contributed by atoms with Crippen molar-refractivity contribution in [2.24, 2.45) is 0 Å². The van der Waals surface area contributed by atoms with Gasteiger partial charge in [-0.15, -0.1) is 11.3 Å².